The van der Waals surface area contributed by atoms with E-state index in [9.17, 15) is 0 Å². The minimum absolute atomic E-state index is 0.141. The van der Waals surface area contributed by atoms with E-state index in [4.69, 9.17) is 9.47 Å². The number of fused-ring (bicyclic) bond motifs is 3. The van der Waals surface area contributed by atoms with Crippen LogP contribution in [0.25, 0.3) is 0 Å². The molecule has 3 atom stereocenters. The Kier molecular flexibility index (Phi) is 3.37. The monoisotopic (exact) mass is 308 g/mol. The maximum atomic E-state index is 6.46. The average Bonchev–Trinajstić information content (AvgIpc) is 2.90. The third-order valence-corrected chi connectivity index (χ3v) is 5.73. The molecule has 0 aromatic heterocycles. The molecule has 23 heavy (non-hydrogen) atoms. The van der Waals surface area contributed by atoms with Crippen molar-refractivity contribution < 1.29 is 9.47 Å². The Hall–Kier alpha value is -1.96. The average molecular weight is 308 g/mol. The second-order valence-corrected chi connectivity index (χ2v) is 7.52. The molecule has 2 aliphatic rings. The van der Waals surface area contributed by atoms with Crippen molar-refractivity contribution in [3.63, 3.8) is 0 Å². The smallest absolute Gasteiger partial charge is 0.127 e. The fourth-order valence-corrected chi connectivity index (χ4v) is 4.60. The maximum Gasteiger partial charge on any atom is 0.127 e. The second-order valence-electron chi connectivity index (χ2n) is 7.52. The van der Waals surface area contributed by atoms with Gasteiger partial charge in [-0.1, -0.05) is 44.2 Å². The molecule has 0 spiro atoms. The third kappa shape index (κ3) is 2.32. The van der Waals surface area contributed by atoms with Crippen LogP contribution in [-0.2, 0) is 0 Å². The van der Waals surface area contributed by atoms with E-state index in [1.165, 1.54) is 24.0 Å². The van der Waals surface area contributed by atoms with E-state index in [1.54, 1.807) is 7.11 Å². The molecule has 2 nitrogen and oxygen atoms in total. The first-order valence-corrected chi connectivity index (χ1v) is 8.50. The summed E-state index contributed by atoms with van der Waals surface area (Å²) < 4.78 is 11.7. The van der Waals surface area contributed by atoms with Gasteiger partial charge >= 0.3 is 0 Å². The summed E-state index contributed by atoms with van der Waals surface area (Å²) in [4.78, 5) is 0. The summed E-state index contributed by atoms with van der Waals surface area (Å²) in [6.07, 6.45) is 2.62. The SMILES string of the molecule is COc1ccc([C@@H]2Oc3ccccc3[C@@H]3[C@H]2CCC3(C)C)cc1. The number of ether oxygens (including phenoxy) is 2. The minimum atomic E-state index is 0.141. The first-order chi connectivity index (χ1) is 11.1. The largest absolute Gasteiger partial charge is 0.497 e. The number of hydrogen-bond acceptors (Lipinski definition) is 2. The van der Waals surface area contributed by atoms with E-state index in [0.717, 1.165) is 11.5 Å². The summed E-state index contributed by atoms with van der Waals surface area (Å²) in [6, 6.07) is 17.0. The molecule has 4 rings (SSSR count). The lowest BCUT2D eigenvalue weighted by Crippen LogP contribution is -2.31. The molecule has 0 N–H and O–H groups in total. The van der Waals surface area contributed by atoms with Crippen LogP contribution < -0.4 is 9.47 Å². The van der Waals surface area contributed by atoms with Gasteiger partial charge in [-0.05, 0) is 53.5 Å². The van der Waals surface area contributed by atoms with Gasteiger partial charge in [0.15, 0.2) is 0 Å². The van der Waals surface area contributed by atoms with Crippen LogP contribution in [0.15, 0.2) is 48.5 Å². The van der Waals surface area contributed by atoms with Crippen molar-refractivity contribution in [1.82, 2.24) is 0 Å². The van der Waals surface area contributed by atoms with Gasteiger partial charge in [0.1, 0.15) is 17.6 Å². The third-order valence-electron chi connectivity index (χ3n) is 5.73. The van der Waals surface area contributed by atoms with Crippen molar-refractivity contribution in [2.75, 3.05) is 7.11 Å². The van der Waals surface area contributed by atoms with Crippen LogP contribution in [0.3, 0.4) is 0 Å². The van der Waals surface area contributed by atoms with Crippen LogP contribution in [0.5, 0.6) is 11.5 Å². The highest BCUT2D eigenvalue weighted by Crippen LogP contribution is 2.61. The Bertz CT molecular complexity index is 702. The molecule has 0 amide bonds. The number of para-hydroxylation sites is 1. The van der Waals surface area contributed by atoms with Crippen LogP contribution >= 0.6 is 0 Å². The molecule has 0 saturated heterocycles. The van der Waals surface area contributed by atoms with Gasteiger partial charge in [-0.15, -0.1) is 0 Å². The van der Waals surface area contributed by atoms with Crippen molar-refractivity contribution >= 4 is 0 Å². The lowest BCUT2D eigenvalue weighted by Gasteiger charge is -2.41. The van der Waals surface area contributed by atoms with E-state index in [1.807, 2.05) is 12.1 Å². The Balaban J connectivity index is 1.77. The highest BCUT2D eigenvalue weighted by molar-refractivity contribution is 5.43. The lowest BCUT2D eigenvalue weighted by molar-refractivity contribution is 0.0872. The van der Waals surface area contributed by atoms with E-state index < -0.39 is 0 Å². The van der Waals surface area contributed by atoms with Gasteiger partial charge in [0.2, 0.25) is 0 Å². The van der Waals surface area contributed by atoms with E-state index in [0.29, 0.717) is 17.3 Å². The second kappa shape index (κ2) is 5.30. The number of rotatable bonds is 2. The Morgan fingerprint density at radius 1 is 1.04 bits per heavy atom. The summed E-state index contributed by atoms with van der Waals surface area (Å²) in [5.74, 6) is 3.07. The predicted molar refractivity (Wildman–Crippen MR) is 92.1 cm³/mol. The van der Waals surface area contributed by atoms with Crippen LogP contribution in [0.1, 0.15) is 49.8 Å². The lowest BCUT2D eigenvalue weighted by atomic mass is 9.71. The van der Waals surface area contributed by atoms with Gasteiger partial charge < -0.3 is 9.47 Å². The molecule has 0 bridgehead atoms. The van der Waals surface area contributed by atoms with Crippen molar-refractivity contribution in [3.8, 4) is 11.5 Å². The fraction of sp³-hybridized carbons (Fsp3) is 0.429. The number of benzene rings is 2. The molecule has 1 aliphatic heterocycles. The van der Waals surface area contributed by atoms with Gasteiger partial charge in [0.25, 0.3) is 0 Å². The first-order valence-electron chi connectivity index (χ1n) is 8.50. The minimum Gasteiger partial charge on any atom is -0.497 e. The topological polar surface area (TPSA) is 18.5 Å². The van der Waals surface area contributed by atoms with Crippen molar-refractivity contribution in [3.05, 3.63) is 59.7 Å². The molecule has 120 valence electrons. The molecule has 1 aliphatic carbocycles. The van der Waals surface area contributed by atoms with E-state index >= 15 is 0 Å². The summed E-state index contributed by atoms with van der Waals surface area (Å²) in [7, 11) is 1.71. The van der Waals surface area contributed by atoms with Crippen molar-refractivity contribution in [1.29, 1.82) is 0 Å². The van der Waals surface area contributed by atoms with Crippen LogP contribution in [0, 0.1) is 11.3 Å². The maximum absolute atomic E-state index is 6.46. The van der Waals surface area contributed by atoms with Crippen molar-refractivity contribution in [2.45, 2.75) is 38.7 Å². The molecular weight excluding hydrogens is 284 g/mol. The molecule has 2 aromatic rings. The van der Waals surface area contributed by atoms with Crippen molar-refractivity contribution in [2.24, 2.45) is 11.3 Å². The number of methoxy groups -OCH3 is 1. The van der Waals surface area contributed by atoms with Crippen LogP contribution in [-0.4, -0.2) is 7.11 Å². The summed E-state index contributed by atoms with van der Waals surface area (Å²) in [5.41, 5.74) is 2.98. The van der Waals surface area contributed by atoms with E-state index in [2.05, 4.69) is 50.2 Å². The highest BCUT2D eigenvalue weighted by atomic mass is 16.5. The first kappa shape index (κ1) is 14.6. The fourth-order valence-electron chi connectivity index (χ4n) is 4.60. The Morgan fingerprint density at radius 3 is 2.52 bits per heavy atom. The molecule has 1 heterocycles. The molecule has 1 fully saturated rings. The molecule has 2 heteroatoms. The molecule has 0 unspecified atom stereocenters. The van der Waals surface area contributed by atoms with E-state index in [-0.39, 0.29) is 6.10 Å². The highest BCUT2D eigenvalue weighted by Gasteiger charge is 2.50. The standard InChI is InChI=1S/C21H24O2/c1-21(2)13-12-17-19(21)16-6-4-5-7-18(16)23-20(17)14-8-10-15(22-3)11-9-14/h4-11,17,19-20H,12-13H2,1-3H3/t17-,19-,20+/m1/s1. The zero-order valence-electron chi connectivity index (χ0n) is 14.1. The Labute approximate surface area is 138 Å². The quantitative estimate of drug-likeness (QED) is 0.744. The molecule has 0 radical (unpaired) electrons. The van der Waals surface area contributed by atoms with Gasteiger partial charge in [0, 0.05) is 5.92 Å². The zero-order valence-corrected chi connectivity index (χ0v) is 14.1. The summed E-state index contributed by atoms with van der Waals surface area (Å²) in [6.45, 7) is 4.82. The summed E-state index contributed by atoms with van der Waals surface area (Å²) >= 11 is 0. The number of hydrogen-bond donors (Lipinski definition) is 0. The zero-order chi connectivity index (χ0) is 16.0. The predicted octanol–water partition coefficient (Wildman–Crippen LogP) is 5.35. The Morgan fingerprint density at radius 2 is 1.78 bits per heavy atom. The van der Waals surface area contributed by atoms with Gasteiger partial charge in [-0.25, -0.2) is 0 Å². The van der Waals surface area contributed by atoms with Gasteiger partial charge in [0.05, 0.1) is 7.11 Å². The molecule has 2 aromatic carbocycles. The van der Waals surface area contributed by atoms with Gasteiger partial charge in [-0.3, -0.25) is 0 Å². The molecular formula is C21H24O2. The summed E-state index contributed by atoms with van der Waals surface area (Å²) in [5, 5.41) is 0. The van der Waals surface area contributed by atoms with Crippen LogP contribution in [0.4, 0.5) is 0 Å². The molecule has 1 saturated carbocycles. The normalized spacial score (nSPS) is 27.7. The van der Waals surface area contributed by atoms with Crippen LogP contribution in [0.2, 0.25) is 0 Å². The van der Waals surface area contributed by atoms with Gasteiger partial charge in [-0.2, -0.15) is 0 Å².